The van der Waals surface area contributed by atoms with Crippen LogP contribution in [0.1, 0.15) is 5.56 Å². The summed E-state index contributed by atoms with van der Waals surface area (Å²) in [5.41, 5.74) is 15.9. The Morgan fingerprint density at radius 3 is 1.44 bits per heavy atom. The fraction of sp³-hybridized carbons (Fsp3) is 0.0208. The molecular formula is C48H34N2. The third kappa shape index (κ3) is 5.47. The second-order valence-electron chi connectivity index (χ2n) is 12.9. The summed E-state index contributed by atoms with van der Waals surface area (Å²) in [5, 5.41) is 2.51. The van der Waals surface area contributed by atoms with Crippen molar-refractivity contribution in [3.8, 4) is 61.6 Å². The van der Waals surface area contributed by atoms with E-state index in [2.05, 4.69) is 200 Å². The van der Waals surface area contributed by atoms with Crippen molar-refractivity contribution < 1.29 is 0 Å². The Bertz CT molecular complexity index is 2580. The predicted molar refractivity (Wildman–Crippen MR) is 210 cm³/mol. The van der Waals surface area contributed by atoms with Crippen LogP contribution in [0.3, 0.4) is 0 Å². The minimum absolute atomic E-state index is 0.938. The van der Waals surface area contributed by atoms with Gasteiger partial charge in [-0.15, -0.1) is 0 Å². The summed E-state index contributed by atoms with van der Waals surface area (Å²) < 4.78 is 2.37. The third-order valence-corrected chi connectivity index (χ3v) is 9.67. The molecule has 7 aromatic carbocycles. The molecule has 0 saturated carbocycles. The Morgan fingerprint density at radius 2 is 0.800 bits per heavy atom. The minimum atomic E-state index is 0.938. The molecule has 9 rings (SSSR count). The lowest BCUT2D eigenvalue weighted by Crippen LogP contribution is -1.96. The minimum Gasteiger partial charge on any atom is -0.309 e. The second-order valence-corrected chi connectivity index (χ2v) is 12.9. The van der Waals surface area contributed by atoms with Gasteiger partial charge in [-0.2, -0.15) is 0 Å². The molecule has 0 aliphatic rings. The molecule has 0 unspecified atom stereocenters. The standard InChI is InChI=1S/C48H34N2/c1-33-21-23-35(24-22-33)36-25-27-37(28-26-36)41-31-45(39-14-9-13-38(29-39)34-11-3-2-4-12-34)49-46(32-41)40-15-10-16-42(30-40)50-47-19-7-5-17-43(47)44-18-6-8-20-48(44)50/h2-32H,1H3. The molecule has 0 atom stereocenters. The van der Waals surface area contributed by atoms with E-state index in [0.29, 0.717) is 0 Å². The van der Waals surface area contributed by atoms with Crippen LogP contribution in [0.15, 0.2) is 188 Å². The summed E-state index contributed by atoms with van der Waals surface area (Å²) >= 11 is 0. The van der Waals surface area contributed by atoms with Crippen LogP contribution in [0, 0.1) is 6.92 Å². The summed E-state index contributed by atoms with van der Waals surface area (Å²) in [6.45, 7) is 2.12. The van der Waals surface area contributed by atoms with Crippen molar-refractivity contribution in [3.63, 3.8) is 0 Å². The van der Waals surface area contributed by atoms with Crippen molar-refractivity contribution in [2.24, 2.45) is 0 Å². The average molecular weight is 639 g/mol. The van der Waals surface area contributed by atoms with E-state index >= 15 is 0 Å². The van der Waals surface area contributed by atoms with Crippen LogP contribution in [0.2, 0.25) is 0 Å². The summed E-state index contributed by atoms with van der Waals surface area (Å²) in [6, 6.07) is 67.4. The van der Waals surface area contributed by atoms with E-state index < -0.39 is 0 Å². The first-order chi connectivity index (χ1) is 24.7. The third-order valence-electron chi connectivity index (χ3n) is 9.67. The summed E-state index contributed by atoms with van der Waals surface area (Å²) in [6.07, 6.45) is 0. The van der Waals surface area contributed by atoms with Gasteiger partial charge in [-0.3, -0.25) is 0 Å². The van der Waals surface area contributed by atoms with Crippen LogP contribution in [0.5, 0.6) is 0 Å². The molecule has 0 fully saturated rings. The molecule has 9 aromatic rings. The van der Waals surface area contributed by atoms with Crippen LogP contribution < -0.4 is 0 Å². The molecule has 0 bridgehead atoms. The lowest BCUT2D eigenvalue weighted by atomic mass is 9.96. The lowest BCUT2D eigenvalue weighted by molar-refractivity contribution is 1.18. The van der Waals surface area contributed by atoms with Crippen LogP contribution in [0.4, 0.5) is 0 Å². The van der Waals surface area contributed by atoms with Crippen LogP contribution >= 0.6 is 0 Å². The van der Waals surface area contributed by atoms with E-state index in [-0.39, 0.29) is 0 Å². The molecule has 2 heteroatoms. The van der Waals surface area contributed by atoms with Crippen molar-refractivity contribution in [1.82, 2.24) is 9.55 Å². The number of pyridine rings is 1. The van der Waals surface area contributed by atoms with Gasteiger partial charge in [0.1, 0.15) is 0 Å². The van der Waals surface area contributed by atoms with Crippen molar-refractivity contribution in [2.45, 2.75) is 6.92 Å². The maximum absolute atomic E-state index is 5.35. The van der Waals surface area contributed by atoms with Gasteiger partial charge in [0.25, 0.3) is 0 Å². The van der Waals surface area contributed by atoms with E-state index in [1.807, 2.05) is 0 Å². The highest BCUT2D eigenvalue weighted by Gasteiger charge is 2.14. The second kappa shape index (κ2) is 12.5. The monoisotopic (exact) mass is 638 g/mol. The van der Waals surface area contributed by atoms with Gasteiger partial charge in [-0.1, -0.05) is 151 Å². The topological polar surface area (TPSA) is 17.8 Å². The zero-order valence-electron chi connectivity index (χ0n) is 27.8. The molecule has 0 aliphatic heterocycles. The van der Waals surface area contributed by atoms with Crippen LogP contribution in [-0.2, 0) is 0 Å². The van der Waals surface area contributed by atoms with E-state index in [1.54, 1.807) is 0 Å². The Morgan fingerprint density at radius 1 is 0.340 bits per heavy atom. The van der Waals surface area contributed by atoms with E-state index in [1.165, 1.54) is 49.6 Å². The lowest BCUT2D eigenvalue weighted by Gasteiger charge is -2.14. The van der Waals surface area contributed by atoms with Gasteiger partial charge in [0.05, 0.1) is 22.4 Å². The number of hydrogen-bond acceptors (Lipinski definition) is 1. The van der Waals surface area contributed by atoms with Crippen molar-refractivity contribution in [2.75, 3.05) is 0 Å². The molecular weight excluding hydrogens is 605 g/mol. The number of para-hydroxylation sites is 2. The maximum atomic E-state index is 5.35. The molecule has 0 aliphatic carbocycles. The quantitative estimate of drug-likeness (QED) is 0.177. The fourth-order valence-electron chi connectivity index (χ4n) is 7.09. The number of rotatable bonds is 6. The number of nitrogens with zero attached hydrogens (tertiary/aromatic N) is 2. The summed E-state index contributed by atoms with van der Waals surface area (Å²) in [4.78, 5) is 5.35. The van der Waals surface area contributed by atoms with Gasteiger partial charge in [0.2, 0.25) is 0 Å². The van der Waals surface area contributed by atoms with Gasteiger partial charge in [0, 0.05) is 27.6 Å². The highest BCUT2D eigenvalue weighted by molar-refractivity contribution is 6.09. The SMILES string of the molecule is Cc1ccc(-c2ccc(-c3cc(-c4cccc(-c5ccccc5)c4)nc(-c4cccc(-n5c6ccccc6c6ccccc65)c4)c3)cc2)cc1. The summed E-state index contributed by atoms with van der Waals surface area (Å²) in [5.74, 6) is 0. The molecule has 2 aromatic heterocycles. The first kappa shape index (κ1) is 29.6. The first-order valence-electron chi connectivity index (χ1n) is 17.1. The molecule has 236 valence electrons. The van der Waals surface area contributed by atoms with Crippen molar-refractivity contribution in [1.29, 1.82) is 0 Å². The number of benzene rings is 7. The zero-order chi connectivity index (χ0) is 33.4. The van der Waals surface area contributed by atoms with Crippen LogP contribution in [0.25, 0.3) is 83.4 Å². The Kier molecular flexibility index (Phi) is 7.40. The molecule has 0 radical (unpaired) electrons. The predicted octanol–water partition coefficient (Wildman–Crippen LogP) is 12.8. The average Bonchev–Trinajstić information content (AvgIpc) is 3.53. The normalized spacial score (nSPS) is 11.3. The van der Waals surface area contributed by atoms with E-state index in [4.69, 9.17) is 4.98 Å². The first-order valence-corrected chi connectivity index (χ1v) is 17.1. The fourth-order valence-corrected chi connectivity index (χ4v) is 7.09. The zero-order valence-corrected chi connectivity index (χ0v) is 27.8. The highest BCUT2D eigenvalue weighted by atomic mass is 15.0. The Balaban J connectivity index is 1.19. The number of hydrogen-bond donors (Lipinski definition) is 0. The number of aromatic nitrogens is 2. The van der Waals surface area contributed by atoms with Crippen molar-refractivity contribution in [3.05, 3.63) is 194 Å². The van der Waals surface area contributed by atoms with E-state index in [9.17, 15) is 0 Å². The van der Waals surface area contributed by atoms with Crippen LogP contribution in [-0.4, -0.2) is 9.55 Å². The molecule has 2 heterocycles. The molecule has 50 heavy (non-hydrogen) atoms. The Hall–Kier alpha value is -6.51. The van der Waals surface area contributed by atoms with Gasteiger partial charge < -0.3 is 4.57 Å². The maximum Gasteiger partial charge on any atom is 0.0716 e. The number of fused-ring (bicyclic) bond motifs is 3. The summed E-state index contributed by atoms with van der Waals surface area (Å²) in [7, 11) is 0. The van der Waals surface area contributed by atoms with Gasteiger partial charge in [-0.25, -0.2) is 4.98 Å². The highest BCUT2D eigenvalue weighted by Crippen LogP contribution is 2.36. The van der Waals surface area contributed by atoms with E-state index in [0.717, 1.165) is 39.3 Å². The van der Waals surface area contributed by atoms with Crippen molar-refractivity contribution >= 4 is 21.8 Å². The molecule has 0 saturated heterocycles. The number of aryl methyl sites for hydroxylation is 1. The van der Waals surface area contributed by atoms with Gasteiger partial charge in [0.15, 0.2) is 0 Å². The van der Waals surface area contributed by atoms with Gasteiger partial charge in [-0.05, 0) is 82.8 Å². The molecule has 0 amide bonds. The smallest absolute Gasteiger partial charge is 0.0716 e. The van der Waals surface area contributed by atoms with Gasteiger partial charge >= 0.3 is 0 Å². The molecule has 2 nitrogen and oxygen atoms in total. The largest absolute Gasteiger partial charge is 0.309 e. The molecule has 0 spiro atoms. The Labute approximate surface area is 292 Å². The molecule has 0 N–H and O–H groups in total.